The molecule has 1 atom stereocenters. The molecule has 8 heteroatoms. The number of fused-ring (bicyclic) bond motifs is 1. The zero-order valence-electron chi connectivity index (χ0n) is 15.1. The summed E-state index contributed by atoms with van der Waals surface area (Å²) in [7, 11) is 0. The predicted octanol–water partition coefficient (Wildman–Crippen LogP) is 3.70. The molecule has 0 radical (unpaired) electrons. The molecule has 142 valence electrons. The van der Waals surface area contributed by atoms with Gasteiger partial charge in [-0.25, -0.2) is 9.37 Å². The first-order chi connectivity index (χ1) is 13.5. The number of aromatic amines is 1. The molecule has 0 aliphatic rings. The maximum atomic E-state index is 13.4. The standard InChI is InChI=1S/C20H18FN5OS/c1-11(22)20(27)26-17-3-2-15-18(12-4-6-23-7-5-12)16(24-19(15)25-17)9-14-8-13(21)10-28-14/h2-8,10-11H,9,22H2,1H3,(H2,24,25,26,27)/t11-/m1/s1. The van der Waals surface area contributed by atoms with Crippen molar-refractivity contribution in [2.24, 2.45) is 5.73 Å². The number of carbonyl (C=O) groups is 1. The van der Waals surface area contributed by atoms with Crippen molar-refractivity contribution in [3.63, 3.8) is 0 Å². The second-order valence-corrected chi connectivity index (χ2v) is 7.49. The summed E-state index contributed by atoms with van der Waals surface area (Å²) in [4.78, 5) is 24.7. The van der Waals surface area contributed by atoms with Crippen LogP contribution >= 0.6 is 11.3 Å². The van der Waals surface area contributed by atoms with Gasteiger partial charge in [0.2, 0.25) is 5.91 Å². The summed E-state index contributed by atoms with van der Waals surface area (Å²) in [6, 6.07) is 8.41. The molecule has 0 unspecified atom stereocenters. The van der Waals surface area contributed by atoms with Crippen LogP contribution in [0.2, 0.25) is 0 Å². The summed E-state index contributed by atoms with van der Waals surface area (Å²) in [6.45, 7) is 1.61. The number of H-pyrrole nitrogens is 1. The average molecular weight is 395 g/mol. The van der Waals surface area contributed by atoms with Crippen molar-refractivity contribution in [1.29, 1.82) is 0 Å². The van der Waals surface area contributed by atoms with Gasteiger partial charge in [-0.2, -0.15) is 0 Å². The van der Waals surface area contributed by atoms with Gasteiger partial charge in [0.15, 0.2) is 0 Å². The molecule has 0 saturated carbocycles. The number of aromatic nitrogens is 3. The van der Waals surface area contributed by atoms with Gasteiger partial charge in [0.05, 0.1) is 6.04 Å². The van der Waals surface area contributed by atoms with Crippen LogP contribution in [0.3, 0.4) is 0 Å². The number of thiophene rings is 1. The molecule has 4 heterocycles. The number of halogens is 1. The number of hydrogen-bond acceptors (Lipinski definition) is 5. The van der Waals surface area contributed by atoms with Gasteiger partial charge in [-0.1, -0.05) is 0 Å². The lowest BCUT2D eigenvalue weighted by Gasteiger charge is -2.07. The van der Waals surface area contributed by atoms with Gasteiger partial charge >= 0.3 is 0 Å². The fourth-order valence-corrected chi connectivity index (χ4v) is 3.78. The maximum Gasteiger partial charge on any atom is 0.242 e. The number of nitrogens with two attached hydrogens (primary N) is 1. The molecule has 0 spiro atoms. The van der Waals surface area contributed by atoms with Crippen molar-refractivity contribution in [3.8, 4) is 11.1 Å². The van der Waals surface area contributed by atoms with E-state index in [1.807, 2.05) is 18.2 Å². The SMILES string of the molecule is C[C@@H](N)C(=O)Nc1ccc2c(-c3ccncc3)c(Cc3cc(F)cs3)[nH]c2n1. The van der Waals surface area contributed by atoms with Crippen LogP contribution in [0.5, 0.6) is 0 Å². The largest absolute Gasteiger partial charge is 0.342 e. The summed E-state index contributed by atoms with van der Waals surface area (Å²) < 4.78 is 13.4. The highest BCUT2D eigenvalue weighted by Gasteiger charge is 2.17. The van der Waals surface area contributed by atoms with E-state index in [1.165, 1.54) is 22.8 Å². The topological polar surface area (TPSA) is 96.7 Å². The van der Waals surface area contributed by atoms with Crippen LogP contribution in [0.1, 0.15) is 17.5 Å². The van der Waals surface area contributed by atoms with Crippen LogP contribution < -0.4 is 11.1 Å². The zero-order chi connectivity index (χ0) is 19.7. The average Bonchev–Trinajstić information content (AvgIpc) is 3.24. The van der Waals surface area contributed by atoms with Gasteiger partial charge in [-0.3, -0.25) is 9.78 Å². The second kappa shape index (κ2) is 7.49. The number of amides is 1. The first kappa shape index (κ1) is 18.3. The van der Waals surface area contributed by atoms with Crippen molar-refractivity contribution in [2.45, 2.75) is 19.4 Å². The van der Waals surface area contributed by atoms with E-state index in [0.29, 0.717) is 17.9 Å². The van der Waals surface area contributed by atoms with Gasteiger partial charge in [0, 0.05) is 45.7 Å². The van der Waals surface area contributed by atoms with E-state index in [4.69, 9.17) is 5.73 Å². The second-order valence-electron chi connectivity index (χ2n) is 6.49. The van der Waals surface area contributed by atoms with E-state index in [0.717, 1.165) is 27.1 Å². The molecule has 0 saturated heterocycles. The highest BCUT2D eigenvalue weighted by Crippen LogP contribution is 2.34. The summed E-state index contributed by atoms with van der Waals surface area (Å²) >= 11 is 1.37. The molecule has 0 fully saturated rings. The molecule has 6 nitrogen and oxygen atoms in total. The minimum atomic E-state index is -0.627. The molecule has 4 rings (SSSR count). The Kier molecular flexibility index (Phi) is 4.89. The first-order valence-corrected chi connectivity index (χ1v) is 9.60. The molecular formula is C20H18FN5OS. The van der Waals surface area contributed by atoms with Crippen molar-refractivity contribution in [2.75, 3.05) is 5.32 Å². The summed E-state index contributed by atoms with van der Waals surface area (Å²) in [5.41, 5.74) is 9.15. The van der Waals surface area contributed by atoms with Crippen LogP contribution in [0.4, 0.5) is 10.2 Å². The Balaban J connectivity index is 1.80. The van der Waals surface area contributed by atoms with Crippen molar-refractivity contribution < 1.29 is 9.18 Å². The van der Waals surface area contributed by atoms with Crippen molar-refractivity contribution in [1.82, 2.24) is 15.0 Å². The third-order valence-electron chi connectivity index (χ3n) is 4.34. The number of carbonyl (C=O) groups excluding carboxylic acids is 1. The van der Waals surface area contributed by atoms with E-state index >= 15 is 0 Å². The fraction of sp³-hybridized carbons (Fsp3) is 0.150. The van der Waals surface area contributed by atoms with E-state index < -0.39 is 6.04 Å². The van der Waals surface area contributed by atoms with E-state index in [1.54, 1.807) is 25.4 Å². The van der Waals surface area contributed by atoms with Gasteiger partial charge in [0.25, 0.3) is 0 Å². The van der Waals surface area contributed by atoms with Crippen molar-refractivity contribution in [3.05, 3.63) is 64.5 Å². The molecule has 28 heavy (non-hydrogen) atoms. The van der Waals surface area contributed by atoms with Crippen LogP contribution in [0.15, 0.2) is 48.1 Å². The Morgan fingerprint density at radius 2 is 2.11 bits per heavy atom. The summed E-state index contributed by atoms with van der Waals surface area (Å²) in [6.07, 6.45) is 4.00. The van der Waals surface area contributed by atoms with Crippen LogP contribution in [-0.2, 0) is 11.2 Å². The summed E-state index contributed by atoms with van der Waals surface area (Å²) in [5, 5.41) is 5.11. The van der Waals surface area contributed by atoms with Gasteiger partial charge in [0.1, 0.15) is 17.3 Å². The monoisotopic (exact) mass is 395 g/mol. The predicted molar refractivity (Wildman–Crippen MR) is 109 cm³/mol. The lowest BCUT2D eigenvalue weighted by molar-refractivity contribution is -0.117. The molecule has 0 aromatic carbocycles. The Labute approximate surface area is 164 Å². The highest BCUT2D eigenvalue weighted by atomic mass is 32.1. The Bertz CT molecular complexity index is 1140. The fourth-order valence-electron chi connectivity index (χ4n) is 3.04. The number of hydrogen-bond donors (Lipinski definition) is 3. The molecule has 4 N–H and O–H groups in total. The number of pyridine rings is 2. The number of nitrogens with one attached hydrogen (secondary N) is 2. The summed E-state index contributed by atoms with van der Waals surface area (Å²) in [5.74, 6) is -0.117. The van der Waals surface area contributed by atoms with Crippen LogP contribution in [0, 0.1) is 5.82 Å². The smallest absolute Gasteiger partial charge is 0.242 e. The van der Waals surface area contributed by atoms with Crippen molar-refractivity contribution >= 4 is 34.1 Å². The van der Waals surface area contributed by atoms with Crippen LogP contribution in [0.25, 0.3) is 22.2 Å². The Morgan fingerprint density at radius 3 is 2.79 bits per heavy atom. The number of anilines is 1. The minimum Gasteiger partial charge on any atom is -0.342 e. The molecule has 4 aromatic rings. The molecule has 0 aliphatic heterocycles. The number of nitrogens with zero attached hydrogens (tertiary/aromatic N) is 2. The van der Waals surface area contributed by atoms with Crippen LogP contribution in [-0.4, -0.2) is 26.9 Å². The van der Waals surface area contributed by atoms with Gasteiger partial charge in [-0.05, 0) is 42.8 Å². The Morgan fingerprint density at radius 1 is 1.32 bits per heavy atom. The third kappa shape index (κ3) is 3.64. The molecule has 0 bridgehead atoms. The third-order valence-corrected chi connectivity index (χ3v) is 5.25. The lowest BCUT2D eigenvalue weighted by atomic mass is 10.0. The number of rotatable bonds is 5. The van der Waals surface area contributed by atoms with E-state index in [9.17, 15) is 9.18 Å². The van der Waals surface area contributed by atoms with E-state index in [-0.39, 0.29) is 11.7 Å². The molecule has 4 aromatic heterocycles. The highest BCUT2D eigenvalue weighted by molar-refractivity contribution is 7.09. The zero-order valence-corrected chi connectivity index (χ0v) is 15.9. The first-order valence-electron chi connectivity index (χ1n) is 8.72. The van der Waals surface area contributed by atoms with E-state index in [2.05, 4.69) is 20.3 Å². The Hall–Kier alpha value is -3.10. The van der Waals surface area contributed by atoms with Gasteiger partial charge < -0.3 is 16.0 Å². The lowest BCUT2D eigenvalue weighted by Crippen LogP contribution is -2.32. The van der Waals surface area contributed by atoms with Gasteiger partial charge in [-0.15, -0.1) is 11.3 Å². The molecule has 0 aliphatic carbocycles. The normalized spacial score (nSPS) is 12.2. The minimum absolute atomic E-state index is 0.236. The molecular weight excluding hydrogens is 377 g/mol. The quantitative estimate of drug-likeness (QED) is 0.480. The molecule has 1 amide bonds. The maximum absolute atomic E-state index is 13.4.